The second-order valence-electron chi connectivity index (χ2n) is 5.92. The van der Waals surface area contributed by atoms with Gasteiger partial charge in [-0.3, -0.25) is 0 Å². The Bertz CT molecular complexity index is 694. The first-order valence-corrected chi connectivity index (χ1v) is 9.18. The average molecular weight is 374 g/mol. The lowest BCUT2D eigenvalue weighted by atomic mass is 9.98. The van der Waals surface area contributed by atoms with Crippen LogP contribution in [0.5, 0.6) is 0 Å². The lowest BCUT2D eigenvalue weighted by Gasteiger charge is -2.41. The molecular formula is C15H18O9S. The molecule has 3 saturated heterocycles. The molecule has 4 rings (SSSR count). The van der Waals surface area contributed by atoms with Crippen LogP contribution in [-0.2, 0) is 37.7 Å². The maximum Gasteiger partial charge on any atom is 0.400 e. The van der Waals surface area contributed by atoms with Gasteiger partial charge in [-0.2, -0.15) is 8.42 Å². The first-order chi connectivity index (χ1) is 12.1. The Labute approximate surface area is 144 Å². The minimum absolute atomic E-state index is 0.117. The van der Waals surface area contributed by atoms with Crippen molar-refractivity contribution in [2.75, 3.05) is 20.0 Å². The van der Waals surface area contributed by atoms with Gasteiger partial charge in [0, 0.05) is 5.56 Å². The molecule has 0 bridgehead atoms. The molecule has 138 valence electrons. The molecule has 1 aromatic rings. The van der Waals surface area contributed by atoms with E-state index < -0.39 is 53.8 Å². The van der Waals surface area contributed by atoms with Crippen LogP contribution < -0.4 is 0 Å². The lowest BCUT2D eigenvalue weighted by molar-refractivity contribution is -0.279. The van der Waals surface area contributed by atoms with Crippen LogP contribution in [0.25, 0.3) is 0 Å². The Kier molecular flexibility index (Phi) is 4.77. The predicted molar refractivity (Wildman–Crippen MR) is 80.4 cm³/mol. The smallest absolute Gasteiger partial charge is 0.394 e. The summed E-state index contributed by atoms with van der Waals surface area (Å²) in [5.41, 5.74) is 0.788. The normalized spacial score (nSPS) is 40.5. The van der Waals surface area contributed by atoms with Crippen LogP contribution in [0, 0.1) is 0 Å². The highest BCUT2D eigenvalue weighted by Crippen LogP contribution is 2.36. The number of rotatable bonds is 2. The van der Waals surface area contributed by atoms with Crippen LogP contribution in [0.15, 0.2) is 30.3 Å². The molecule has 0 saturated carbocycles. The molecule has 1 N–H and O–H groups in total. The highest BCUT2D eigenvalue weighted by molar-refractivity contribution is 7.81. The number of aliphatic hydroxyl groups excluding tert-OH is 1. The quantitative estimate of drug-likeness (QED) is 0.756. The van der Waals surface area contributed by atoms with E-state index in [1.165, 1.54) is 0 Å². The van der Waals surface area contributed by atoms with Crippen molar-refractivity contribution in [3.05, 3.63) is 35.9 Å². The molecule has 0 aliphatic carbocycles. The zero-order valence-corrected chi connectivity index (χ0v) is 13.9. The molecule has 6 atom stereocenters. The van der Waals surface area contributed by atoms with Crippen molar-refractivity contribution in [1.29, 1.82) is 0 Å². The number of benzene rings is 1. The van der Waals surface area contributed by atoms with Gasteiger partial charge in [-0.1, -0.05) is 30.3 Å². The summed E-state index contributed by atoms with van der Waals surface area (Å²) in [6, 6.07) is 9.25. The zero-order chi connectivity index (χ0) is 17.4. The molecule has 0 radical (unpaired) electrons. The van der Waals surface area contributed by atoms with E-state index in [4.69, 9.17) is 27.3 Å². The molecular weight excluding hydrogens is 356 g/mol. The molecule has 25 heavy (non-hydrogen) atoms. The molecule has 9 nitrogen and oxygen atoms in total. The second-order valence-corrected chi connectivity index (χ2v) is 7.12. The fourth-order valence-electron chi connectivity index (χ4n) is 3.18. The molecule has 3 aliphatic rings. The summed E-state index contributed by atoms with van der Waals surface area (Å²) in [4.78, 5) is 0. The highest BCUT2D eigenvalue weighted by Gasteiger charge is 2.53. The van der Waals surface area contributed by atoms with Crippen molar-refractivity contribution in [2.24, 2.45) is 0 Å². The zero-order valence-electron chi connectivity index (χ0n) is 13.1. The van der Waals surface area contributed by atoms with Crippen molar-refractivity contribution in [1.82, 2.24) is 0 Å². The number of hydrogen-bond donors (Lipinski definition) is 1. The third-order valence-corrected chi connectivity index (χ3v) is 5.28. The van der Waals surface area contributed by atoms with Crippen LogP contribution in [-0.4, -0.2) is 64.1 Å². The van der Waals surface area contributed by atoms with E-state index in [0.717, 1.165) is 5.56 Å². The number of fused-ring (bicyclic) bond motifs is 3. The molecule has 0 aromatic heterocycles. The summed E-state index contributed by atoms with van der Waals surface area (Å²) in [7, 11) is -4.28. The van der Waals surface area contributed by atoms with Crippen molar-refractivity contribution >= 4 is 10.4 Å². The van der Waals surface area contributed by atoms with E-state index >= 15 is 0 Å². The van der Waals surface area contributed by atoms with Crippen molar-refractivity contribution in [3.63, 3.8) is 0 Å². The Morgan fingerprint density at radius 3 is 2.56 bits per heavy atom. The van der Waals surface area contributed by atoms with Crippen LogP contribution in [0.1, 0.15) is 11.9 Å². The van der Waals surface area contributed by atoms with Crippen molar-refractivity contribution in [2.45, 2.75) is 36.8 Å². The van der Waals surface area contributed by atoms with Gasteiger partial charge in [-0.05, 0) is 0 Å². The van der Waals surface area contributed by atoms with E-state index in [1.54, 1.807) is 0 Å². The molecule has 2 unspecified atom stereocenters. The van der Waals surface area contributed by atoms with Gasteiger partial charge in [-0.25, -0.2) is 8.37 Å². The second kappa shape index (κ2) is 6.89. The Hall–Kier alpha value is -1.11. The van der Waals surface area contributed by atoms with Crippen molar-refractivity contribution < 1.29 is 40.8 Å². The van der Waals surface area contributed by atoms with Crippen LogP contribution >= 0.6 is 0 Å². The number of aliphatic hydroxyl groups is 1. The van der Waals surface area contributed by atoms with Gasteiger partial charge < -0.3 is 24.1 Å². The third kappa shape index (κ3) is 3.44. The molecule has 1 aromatic carbocycles. The SMILES string of the molecule is O=S1(=O)OC(CO)[C@H]2OCO[C@@H]3CO[C@@H](c4ccccc4)O[C@H]3C2O1. The van der Waals surface area contributed by atoms with Crippen LogP contribution in [0.4, 0.5) is 0 Å². The monoisotopic (exact) mass is 374 g/mol. The van der Waals surface area contributed by atoms with E-state index in [-0.39, 0.29) is 13.4 Å². The molecule has 3 heterocycles. The Morgan fingerprint density at radius 1 is 1.00 bits per heavy atom. The topological polar surface area (TPSA) is 110 Å². The fraction of sp³-hybridized carbons (Fsp3) is 0.600. The highest BCUT2D eigenvalue weighted by atomic mass is 32.3. The summed E-state index contributed by atoms with van der Waals surface area (Å²) in [6.45, 7) is -0.473. The Morgan fingerprint density at radius 2 is 1.80 bits per heavy atom. The molecule has 3 fully saturated rings. The van der Waals surface area contributed by atoms with Crippen molar-refractivity contribution in [3.8, 4) is 0 Å². The lowest BCUT2D eigenvalue weighted by Crippen LogP contribution is -2.59. The summed E-state index contributed by atoms with van der Waals surface area (Å²) in [6.07, 6.45) is -4.97. The summed E-state index contributed by atoms with van der Waals surface area (Å²) < 4.78 is 56.3. The van der Waals surface area contributed by atoms with Crippen LogP contribution in [0.3, 0.4) is 0 Å². The molecule has 10 heteroatoms. The Balaban J connectivity index is 1.62. The summed E-state index contributed by atoms with van der Waals surface area (Å²) in [5, 5.41) is 9.45. The van der Waals surface area contributed by atoms with Gasteiger partial charge in [0.1, 0.15) is 37.3 Å². The minimum Gasteiger partial charge on any atom is -0.394 e. The largest absolute Gasteiger partial charge is 0.400 e. The van der Waals surface area contributed by atoms with Gasteiger partial charge >= 0.3 is 10.4 Å². The first-order valence-electron chi connectivity index (χ1n) is 7.85. The predicted octanol–water partition coefficient (Wildman–Crippen LogP) is -0.137. The fourth-order valence-corrected chi connectivity index (χ4v) is 4.19. The van der Waals surface area contributed by atoms with Gasteiger partial charge in [0.2, 0.25) is 0 Å². The summed E-state index contributed by atoms with van der Waals surface area (Å²) >= 11 is 0. The summed E-state index contributed by atoms with van der Waals surface area (Å²) in [5.74, 6) is 0. The first kappa shape index (κ1) is 17.3. The maximum atomic E-state index is 11.9. The average Bonchev–Trinajstić information content (AvgIpc) is 2.80. The maximum absolute atomic E-state index is 11.9. The van der Waals surface area contributed by atoms with E-state index in [2.05, 4.69) is 0 Å². The van der Waals surface area contributed by atoms with Gasteiger partial charge in [0.25, 0.3) is 0 Å². The standard InChI is InChI=1S/C15H18O9S/c16-6-10-12-14(24-25(17,18)23-10)13-11(20-8-21-12)7-19-15(22-13)9-4-2-1-3-5-9/h1-5,10-16H,6-8H2/t10?,11-,12-,13-,14?,15-/m1/s1. The van der Waals surface area contributed by atoms with Gasteiger partial charge in [0.15, 0.2) is 6.29 Å². The van der Waals surface area contributed by atoms with Crippen LogP contribution in [0.2, 0.25) is 0 Å². The van der Waals surface area contributed by atoms with Gasteiger partial charge in [0.05, 0.1) is 13.2 Å². The molecule has 0 amide bonds. The molecule has 3 aliphatic heterocycles. The minimum atomic E-state index is -4.28. The number of hydrogen-bond acceptors (Lipinski definition) is 9. The van der Waals surface area contributed by atoms with E-state index in [9.17, 15) is 13.5 Å². The van der Waals surface area contributed by atoms with Gasteiger partial charge in [-0.15, -0.1) is 0 Å². The third-order valence-electron chi connectivity index (χ3n) is 4.34. The molecule has 0 spiro atoms. The van der Waals surface area contributed by atoms with E-state index in [0.29, 0.717) is 0 Å². The number of ether oxygens (including phenoxy) is 4. The van der Waals surface area contributed by atoms with E-state index in [1.807, 2.05) is 30.3 Å².